The summed E-state index contributed by atoms with van der Waals surface area (Å²) in [5.74, 6) is -2.20. The number of alkyl halides is 2. The molecule has 1 saturated carbocycles. The maximum absolute atomic E-state index is 13.1. The maximum atomic E-state index is 13.1. The number of imidazole rings is 1. The molecule has 1 unspecified atom stereocenters. The first-order chi connectivity index (χ1) is 8.71. The zero-order chi connectivity index (χ0) is 14.3. The Hall–Kier alpha value is -0.690. The van der Waals surface area contributed by atoms with Crippen LogP contribution in [0.5, 0.6) is 0 Å². The van der Waals surface area contributed by atoms with E-state index in [1.807, 2.05) is 6.92 Å². The first-order valence-electron chi connectivity index (χ1n) is 6.10. The van der Waals surface area contributed by atoms with E-state index in [1.165, 1.54) is 6.20 Å². The minimum Gasteiger partial charge on any atom is -0.333 e. The molecule has 1 aromatic rings. The number of halogens is 3. The van der Waals surface area contributed by atoms with E-state index in [9.17, 15) is 17.2 Å². The smallest absolute Gasteiger partial charge is 0.280 e. The highest BCUT2D eigenvalue weighted by atomic mass is 35.7. The lowest BCUT2D eigenvalue weighted by molar-refractivity contribution is 0.00432. The van der Waals surface area contributed by atoms with Crippen molar-refractivity contribution in [2.24, 2.45) is 5.92 Å². The summed E-state index contributed by atoms with van der Waals surface area (Å²) in [4.78, 5) is 3.93. The Bertz CT molecular complexity index is 571. The van der Waals surface area contributed by atoms with Crippen LogP contribution in [-0.2, 0) is 22.0 Å². The SMILES string of the molecule is CCc1nc(S(=O)(=O)Cl)cn1CC1CCC(F)(F)C1. The van der Waals surface area contributed by atoms with Crippen LogP contribution >= 0.6 is 10.7 Å². The fourth-order valence-electron chi connectivity index (χ4n) is 2.46. The lowest BCUT2D eigenvalue weighted by Gasteiger charge is -2.12. The second-order valence-corrected chi connectivity index (χ2v) is 7.42. The molecule has 1 heterocycles. The number of aryl methyl sites for hydroxylation is 1. The van der Waals surface area contributed by atoms with Gasteiger partial charge in [-0.2, -0.15) is 0 Å². The fraction of sp³-hybridized carbons (Fsp3) is 0.727. The van der Waals surface area contributed by atoms with E-state index in [0.717, 1.165) is 0 Å². The van der Waals surface area contributed by atoms with Crippen molar-refractivity contribution in [3.63, 3.8) is 0 Å². The van der Waals surface area contributed by atoms with Gasteiger partial charge in [-0.05, 0) is 12.3 Å². The van der Waals surface area contributed by atoms with Gasteiger partial charge in [-0.3, -0.25) is 0 Å². The van der Waals surface area contributed by atoms with Gasteiger partial charge in [-0.25, -0.2) is 22.2 Å². The van der Waals surface area contributed by atoms with E-state index in [2.05, 4.69) is 4.98 Å². The normalized spacial score (nSPS) is 22.8. The predicted octanol–water partition coefficient (Wildman–Crippen LogP) is 2.81. The van der Waals surface area contributed by atoms with Crippen LogP contribution in [-0.4, -0.2) is 23.9 Å². The Morgan fingerprint density at radius 3 is 2.74 bits per heavy atom. The number of hydrogen-bond donors (Lipinski definition) is 0. The largest absolute Gasteiger partial charge is 0.333 e. The lowest BCUT2D eigenvalue weighted by atomic mass is 10.1. The van der Waals surface area contributed by atoms with Crippen LogP contribution in [0.4, 0.5) is 8.78 Å². The first-order valence-corrected chi connectivity index (χ1v) is 8.41. The topological polar surface area (TPSA) is 52.0 Å². The van der Waals surface area contributed by atoms with Crippen molar-refractivity contribution in [2.45, 2.75) is 50.1 Å². The number of aromatic nitrogens is 2. The molecule has 0 aliphatic heterocycles. The van der Waals surface area contributed by atoms with Crippen molar-refractivity contribution in [1.29, 1.82) is 0 Å². The average Bonchev–Trinajstić information content (AvgIpc) is 2.82. The molecule has 19 heavy (non-hydrogen) atoms. The Morgan fingerprint density at radius 2 is 2.26 bits per heavy atom. The molecule has 0 amide bonds. The highest BCUT2D eigenvalue weighted by molar-refractivity contribution is 8.13. The molecule has 0 aromatic carbocycles. The average molecular weight is 313 g/mol. The monoisotopic (exact) mass is 312 g/mol. The minimum absolute atomic E-state index is 0.103. The van der Waals surface area contributed by atoms with Gasteiger partial charge in [0.2, 0.25) is 5.92 Å². The van der Waals surface area contributed by atoms with Gasteiger partial charge in [-0.15, -0.1) is 0 Å². The Morgan fingerprint density at radius 1 is 1.58 bits per heavy atom. The molecular weight excluding hydrogens is 298 g/mol. The van der Waals surface area contributed by atoms with Crippen LogP contribution in [0.2, 0.25) is 0 Å². The summed E-state index contributed by atoms with van der Waals surface area (Å²) in [5, 5.41) is -0.212. The highest BCUT2D eigenvalue weighted by Crippen LogP contribution is 2.39. The molecule has 0 bridgehead atoms. The molecule has 0 radical (unpaired) electrons. The van der Waals surface area contributed by atoms with Gasteiger partial charge < -0.3 is 4.57 Å². The van der Waals surface area contributed by atoms with Crippen LogP contribution in [0.3, 0.4) is 0 Å². The molecule has 1 aliphatic rings. The van der Waals surface area contributed by atoms with Crippen LogP contribution in [0.1, 0.15) is 32.0 Å². The van der Waals surface area contributed by atoms with Gasteiger partial charge in [0, 0.05) is 42.7 Å². The molecule has 1 aromatic heterocycles. The van der Waals surface area contributed by atoms with Crippen molar-refractivity contribution >= 4 is 19.7 Å². The number of nitrogens with zero attached hydrogens (tertiary/aromatic N) is 2. The third-order valence-electron chi connectivity index (χ3n) is 3.36. The third kappa shape index (κ3) is 3.45. The van der Waals surface area contributed by atoms with E-state index in [4.69, 9.17) is 10.7 Å². The van der Waals surface area contributed by atoms with Crippen LogP contribution in [0.25, 0.3) is 0 Å². The van der Waals surface area contributed by atoms with Crippen molar-refractivity contribution in [2.75, 3.05) is 0 Å². The van der Waals surface area contributed by atoms with Crippen LogP contribution in [0, 0.1) is 5.92 Å². The zero-order valence-electron chi connectivity index (χ0n) is 10.4. The molecule has 0 N–H and O–H groups in total. The molecule has 4 nitrogen and oxygen atoms in total. The van der Waals surface area contributed by atoms with E-state index in [0.29, 0.717) is 25.2 Å². The van der Waals surface area contributed by atoms with Crippen molar-refractivity contribution in [1.82, 2.24) is 9.55 Å². The molecule has 0 spiro atoms. The molecule has 1 aliphatic carbocycles. The summed E-state index contributed by atoms with van der Waals surface area (Å²) in [6, 6.07) is 0. The summed E-state index contributed by atoms with van der Waals surface area (Å²) in [7, 11) is 1.36. The zero-order valence-corrected chi connectivity index (χ0v) is 12.0. The number of rotatable bonds is 4. The lowest BCUT2D eigenvalue weighted by Crippen LogP contribution is -2.14. The Balaban J connectivity index is 2.19. The third-order valence-corrected chi connectivity index (χ3v) is 4.53. The first kappa shape index (κ1) is 14.7. The predicted molar refractivity (Wildman–Crippen MR) is 66.9 cm³/mol. The summed E-state index contributed by atoms with van der Waals surface area (Å²) >= 11 is 0. The molecule has 1 fully saturated rings. The van der Waals surface area contributed by atoms with Gasteiger partial charge in [0.1, 0.15) is 5.82 Å². The summed E-state index contributed by atoms with van der Waals surface area (Å²) in [6.45, 7) is 2.19. The second-order valence-electron chi connectivity index (χ2n) is 4.90. The van der Waals surface area contributed by atoms with Crippen molar-refractivity contribution in [3.05, 3.63) is 12.0 Å². The second kappa shape index (κ2) is 5.01. The standard InChI is InChI=1S/C11H15ClF2N2O2S/c1-2-9-15-10(19(12,17)18)7-16(9)6-8-3-4-11(13,14)5-8/h7-8H,2-6H2,1H3. The number of hydrogen-bond acceptors (Lipinski definition) is 3. The van der Waals surface area contributed by atoms with Gasteiger partial charge in [0.25, 0.3) is 9.05 Å². The van der Waals surface area contributed by atoms with Gasteiger partial charge >= 0.3 is 0 Å². The summed E-state index contributed by atoms with van der Waals surface area (Å²) < 4.78 is 50.3. The van der Waals surface area contributed by atoms with Crippen molar-refractivity contribution < 1.29 is 17.2 Å². The van der Waals surface area contributed by atoms with Gasteiger partial charge in [-0.1, -0.05) is 6.92 Å². The van der Waals surface area contributed by atoms with E-state index >= 15 is 0 Å². The molecule has 0 saturated heterocycles. The maximum Gasteiger partial charge on any atom is 0.280 e. The molecule has 8 heteroatoms. The Labute approximate surface area is 115 Å². The van der Waals surface area contributed by atoms with Crippen LogP contribution < -0.4 is 0 Å². The van der Waals surface area contributed by atoms with Crippen LogP contribution in [0.15, 0.2) is 11.2 Å². The van der Waals surface area contributed by atoms with Gasteiger partial charge in [0.05, 0.1) is 0 Å². The highest BCUT2D eigenvalue weighted by Gasteiger charge is 2.39. The Kier molecular flexibility index (Phi) is 3.88. The summed E-state index contributed by atoms with van der Waals surface area (Å²) in [6.07, 6.45) is 2.04. The fourth-order valence-corrected chi connectivity index (χ4v) is 3.15. The van der Waals surface area contributed by atoms with E-state index in [1.54, 1.807) is 4.57 Å². The quantitative estimate of drug-likeness (QED) is 0.803. The van der Waals surface area contributed by atoms with E-state index in [-0.39, 0.29) is 23.8 Å². The van der Waals surface area contributed by atoms with E-state index < -0.39 is 15.0 Å². The minimum atomic E-state index is -3.88. The van der Waals surface area contributed by atoms with Gasteiger partial charge in [0.15, 0.2) is 5.03 Å². The van der Waals surface area contributed by atoms with Crippen molar-refractivity contribution in [3.8, 4) is 0 Å². The molecule has 108 valence electrons. The molecular formula is C11H15ClF2N2O2S. The molecule has 2 rings (SSSR count). The molecule has 1 atom stereocenters. The summed E-state index contributed by atoms with van der Waals surface area (Å²) in [5.41, 5.74) is 0.